The summed E-state index contributed by atoms with van der Waals surface area (Å²) in [7, 11) is 0. The number of carbonyl (C=O) groups is 1. The van der Waals surface area contributed by atoms with Gasteiger partial charge in [-0.15, -0.1) is 5.10 Å². The minimum Gasteiger partial charge on any atom is -0.494 e. The number of benzene rings is 2. The van der Waals surface area contributed by atoms with Crippen LogP contribution in [0.5, 0.6) is 5.75 Å². The lowest BCUT2D eigenvalue weighted by molar-refractivity contribution is -0.116. The van der Waals surface area contributed by atoms with E-state index in [2.05, 4.69) is 25.6 Å². The molecule has 1 N–H and O–H groups in total. The predicted molar refractivity (Wildman–Crippen MR) is 120 cm³/mol. The largest absolute Gasteiger partial charge is 0.494 e. The van der Waals surface area contributed by atoms with E-state index in [0.717, 1.165) is 22.6 Å². The summed E-state index contributed by atoms with van der Waals surface area (Å²) in [5.41, 5.74) is 3.89. The van der Waals surface area contributed by atoms with E-state index in [9.17, 15) is 9.18 Å². The number of hydrogen-bond acceptors (Lipinski definition) is 6. The Kier molecular flexibility index (Phi) is 5.29. The Morgan fingerprint density at radius 1 is 1.15 bits per heavy atom. The van der Waals surface area contributed by atoms with Gasteiger partial charge in [-0.2, -0.15) is 14.9 Å². The lowest BCUT2D eigenvalue weighted by Crippen LogP contribution is -2.25. The zero-order chi connectivity index (χ0) is 22.9. The van der Waals surface area contributed by atoms with Crippen molar-refractivity contribution >= 4 is 11.7 Å². The molecule has 1 aliphatic rings. The van der Waals surface area contributed by atoms with Gasteiger partial charge in [0.25, 0.3) is 5.95 Å². The van der Waals surface area contributed by atoms with E-state index in [-0.39, 0.29) is 23.6 Å². The van der Waals surface area contributed by atoms with E-state index in [1.54, 1.807) is 12.1 Å². The fourth-order valence-electron chi connectivity index (χ4n) is 4.08. The molecule has 1 atom stereocenters. The van der Waals surface area contributed by atoms with Crippen LogP contribution >= 0.6 is 0 Å². The summed E-state index contributed by atoms with van der Waals surface area (Å²) in [5, 5.41) is 15.7. The van der Waals surface area contributed by atoms with Gasteiger partial charge in [0.2, 0.25) is 5.91 Å². The Morgan fingerprint density at radius 3 is 2.64 bits per heavy atom. The molecule has 0 fully saturated rings. The van der Waals surface area contributed by atoms with Crippen molar-refractivity contribution in [2.45, 2.75) is 26.2 Å². The van der Waals surface area contributed by atoms with Crippen LogP contribution < -0.4 is 10.1 Å². The molecule has 4 aromatic rings. The van der Waals surface area contributed by atoms with E-state index in [1.807, 2.05) is 38.1 Å². The van der Waals surface area contributed by atoms with Gasteiger partial charge in [0.15, 0.2) is 0 Å². The second-order valence-corrected chi connectivity index (χ2v) is 7.71. The molecule has 0 unspecified atom stereocenters. The highest BCUT2D eigenvalue weighted by Gasteiger charge is 2.33. The highest BCUT2D eigenvalue weighted by molar-refractivity contribution is 5.95. The number of halogens is 1. The van der Waals surface area contributed by atoms with Gasteiger partial charge in [-0.05, 0) is 55.8 Å². The molecule has 33 heavy (non-hydrogen) atoms. The van der Waals surface area contributed by atoms with Crippen molar-refractivity contribution in [1.29, 1.82) is 0 Å². The smallest absolute Gasteiger partial charge is 0.272 e. The first-order valence-electron chi connectivity index (χ1n) is 10.6. The Balaban J connectivity index is 1.56. The van der Waals surface area contributed by atoms with Gasteiger partial charge in [0, 0.05) is 23.5 Å². The van der Waals surface area contributed by atoms with E-state index in [4.69, 9.17) is 4.74 Å². The number of nitrogens with one attached hydrogen (secondary N) is 1. The lowest BCUT2D eigenvalue weighted by Gasteiger charge is -2.24. The summed E-state index contributed by atoms with van der Waals surface area (Å²) in [6.45, 7) is 4.42. The Bertz CT molecular complexity index is 1320. The van der Waals surface area contributed by atoms with E-state index in [0.29, 0.717) is 30.1 Å². The first-order chi connectivity index (χ1) is 16.0. The van der Waals surface area contributed by atoms with Crippen LogP contribution in [0.15, 0.2) is 54.7 Å². The van der Waals surface area contributed by atoms with Gasteiger partial charge < -0.3 is 10.1 Å². The van der Waals surface area contributed by atoms with Gasteiger partial charge in [-0.25, -0.2) is 9.37 Å². The molecule has 1 aliphatic heterocycles. The molecule has 0 aliphatic carbocycles. The average Bonchev–Trinajstić information content (AvgIpc) is 3.16. The van der Waals surface area contributed by atoms with E-state index in [1.165, 1.54) is 23.0 Å². The third-order valence-corrected chi connectivity index (χ3v) is 5.57. The SMILES string of the molecule is CCOc1ccc([C@H]2CC(=O)Nc3c2c(C)nn3-c2nncc(-c3ccc(F)cc3)n2)cc1. The molecule has 1 amide bonds. The number of aryl methyl sites for hydroxylation is 1. The summed E-state index contributed by atoms with van der Waals surface area (Å²) in [5.74, 6) is 0.915. The monoisotopic (exact) mass is 444 g/mol. The Morgan fingerprint density at radius 2 is 1.91 bits per heavy atom. The molecule has 8 nitrogen and oxygen atoms in total. The van der Waals surface area contributed by atoms with Crippen molar-refractivity contribution in [3.8, 4) is 23.0 Å². The third kappa shape index (κ3) is 3.93. The number of fused-ring (bicyclic) bond motifs is 1. The number of ether oxygens (including phenoxy) is 1. The summed E-state index contributed by atoms with van der Waals surface area (Å²) < 4.78 is 20.3. The quantitative estimate of drug-likeness (QED) is 0.499. The molecule has 0 bridgehead atoms. The topological polar surface area (TPSA) is 94.8 Å². The molecule has 2 aromatic carbocycles. The van der Waals surface area contributed by atoms with Gasteiger partial charge in [0.1, 0.15) is 17.4 Å². The third-order valence-electron chi connectivity index (χ3n) is 5.57. The number of nitrogens with zero attached hydrogens (tertiary/aromatic N) is 5. The molecule has 0 spiro atoms. The maximum atomic E-state index is 13.3. The van der Waals surface area contributed by atoms with Crippen molar-refractivity contribution in [2.75, 3.05) is 11.9 Å². The zero-order valence-electron chi connectivity index (χ0n) is 18.1. The van der Waals surface area contributed by atoms with Crippen LogP contribution in [0.1, 0.15) is 36.1 Å². The number of aromatic nitrogens is 5. The minimum atomic E-state index is -0.333. The summed E-state index contributed by atoms with van der Waals surface area (Å²) in [4.78, 5) is 17.2. The van der Waals surface area contributed by atoms with Crippen molar-refractivity contribution < 1.29 is 13.9 Å². The molecule has 9 heteroatoms. The molecule has 0 radical (unpaired) electrons. The highest BCUT2D eigenvalue weighted by Crippen LogP contribution is 2.40. The number of carbonyl (C=O) groups excluding carboxylic acids is 1. The average molecular weight is 444 g/mol. The summed E-state index contributed by atoms with van der Waals surface area (Å²) in [6, 6.07) is 13.7. The summed E-state index contributed by atoms with van der Waals surface area (Å²) >= 11 is 0. The number of anilines is 1. The van der Waals surface area contributed by atoms with E-state index >= 15 is 0 Å². The fraction of sp³-hybridized carbons (Fsp3) is 0.208. The maximum absolute atomic E-state index is 13.3. The van der Waals surface area contributed by atoms with Crippen LogP contribution in [0, 0.1) is 12.7 Å². The minimum absolute atomic E-state index is 0.120. The molecule has 5 rings (SSSR count). The van der Waals surface area contributed by atoms with Crippen LogP contribution in [-0.2, 0) is 4.79 Å². The first-order valence-corrected chi connectivity index (χ1v) is 10.6. The molecule has 0 saturated carbocycles. The van der Waals surface area contributed by atoms with Crippen molar-refractivity contribution in [1.82, 2.24) is 25.0 Å². The van der Waals surface area contributed by atoms with Crippen LogP contribution in [0.2, 0.25) is 0 Å². The van der Waals surface area contributed by atoms with E-state index < -0.39 is 0 Å². The fourth-order valence-corrected chi connectivity index (χ4v) is 4.08. The molecule has 166 valence electrons. The van der Waals surface area contributed by atoms with Gasteiger partial charge in [-0.1, -0.05) is 12.1 Å². The zero-order valence-corrected chi connectivity index (χ0v) is 18.1. The van der Waals surface area contributed by atoms with Gasteiger partial charge in [0.05, 0.1) is 24.2 Å². The second-order valence-electron chi connectivity index (χ2n) is 7.71. The Hall–Kier alpha value is -4.14. The number of amides is 1. The van der Waals surface area contributed by atoms with Crippen LogP contribution in [0.4, 0.5) is 10.2 Å². The molecular weight excluding hydrogens is 423 g/mol. The van der Waals surface area contributed by atoms with Crippen LogP contribution in [0.3, 0.4) is 0 Å². The molecule has 3 heterocycles. The highest BCUT2D eigenvalue weighted by atomic mass is 19.1. The van der Waals surface area contributed by atoms with Crippen molar-refractivity contribution in [2.24, 2.45) is 0 Å². The number of hydrogen-bond donors (Lipinski definition) is 1. The van der Waals surface area contributed by atoms with Crippen LogP contribution in [0.25, 0.3) is 17.2 Å². The molecule has 2 aromatic heterocycles. The van der Waals surface area contributed by atoms with Gasteiger partial charge >= 0.3 is 0 Å². The van der Waals surface area contributed by atoms with Crippen molar-refractivity contribution in [3.63, 3.8) is 0 Å². The van der Waals surface area contributed by atoms with Crippen molar-refractivity contribution in [3.05, 3.63) is 77.4 Å². The van der Waals surface area contributed by atoms with Crippen LogP contribution in [-0.4, -0.2) is 37.5 Å². The Labute approximate surface area is 189 Å². The van der Waals surface area contributed by atoms with Gasteiger partial charge in [-0.3, -0.25) is 4.79 Å². The summed E-state index contributed by atoms with van der Waals surface area (Å²) in [6.07, 6.45) is 1.81. The predicted octanol–water partition coefficient (Wildman–Crippen LogP) is 4.04. The normalized spacial score (nSPS) is 15.1. The lowest BCUT2D eigenvalue weighted by atomic mass is 9.86. The molecular formula is C24H21FN6O2. The molecule has 0 saturated heterocycles. The first kappa shape index (κ1) is 20.7. The second kappa shape index (κ2) is 8.42. The maximum Gasteiger partial charge on any atom is 0.272 e. The standard InChI is InChI=1S/C24H21FN6O2/c1-3-33-18-10-6-15(7-11-18)19-12-21(32)28-23-22(19)14(2)30-31(23)24-27-20(13-26-29-24)16-4-8-17(25)9-5-16/h4-11,13,19H,3,12H2,1-2H3,(H,28,32)/t19-/m1/s1. The number of rotatable bonds is 5.